The zero-order valence-electron chi connectivity index (χ0n) is 16.1. The van der Waals surface area contributed by atoms with Gasteiger partial charge in [0.25, 0.3) is 0 Å². The molecule has 0 bridgehead atoms. The van der Waals surface area contributed by atoms with E-state index >= 15 is 0 Å². The van der Waals surface area contributed by atoms with Gasteiger partial charge >= 0.3 is 0 Å². The summed E-state index contributed by atoms with van der Waals surface area (Å²) in [7, 11) is 0. The van der Waals surface area contributed by atoms with Crippen LogP contribution in [0.25, 0.3) is 0 Å². The molecule has 2 aliphatic heterocycles. The average Bonchev–Trinajstić information content (AvgIpc) is 3.37. The van der Waals surface area contributed by atoms with Crippen LogP contribution in [-0.4, -0.2) is 54.1 Å². The highest BCUT2D eigenvalue weighted by molar-refractivity contribution is 5.82. The van der Waals surface area contributed by atoms with Crippen molar-refractivity contribution in [1.29, 1.82) is 0 Å². The van der Waals surface area contributed by atoms with Gasteiger partial charge in [0.2, 0.25) is 18.6 Å². The van der Waals surface area contributed by atoms with Crippen molar-refractivity contribution in [2.75, 3.05) is 26.4 Å². The van der Waals surface area contributed by atoms with Crippen LogP contribution in [0, 0.1) is 11.8 Å². The van der Waals surface area contributed by atoms with Gasteiger partial charge in [-0.1, -0.05) is 19.9 Å². The van der Waals surface area contributed by atoms with E-state index in [0.717, 1.165) is 17.9 Å². The minimum atomic E-state index is 0.0700. The summed E-state index contributed by atoms with van der Waals surface area (Å²) in [5, 5.41) is 0. The highest BCUT2D eigenvalue weighted by Crippen LogP contribution is 2.33. The normalized spacial score (nSPS) is 22.3. The van der Waals surface area contributed by atoms with Crippen molar-refractivity contribution in [3.63, 3.8) is 0 Å². The summed E-state index contributed by atoms with van der Waals surface area (Å²) in [5.41, 5.74) is 0.913. The van der Waals surface area contributed by atoms with E-state index in [1.165, 1.54) is 12.8 Å². The average molecular weight is 372 g/mol. The van der Waals surface area contributed by atoms with Crippen molar-refractivity contribution >= 4 is 11.8 Å². The van der Waals surface area contributed by atoms with Crippen LogP contribution in [-0.2, 0) is 16.0 Å². The van der Waals surface area contributed by atoms with E-state index in [1.54, 1.807) is 0 Å². The Kier molecular flexibility index (Phi) is 4.98. The zero-order valence-corrected chi connectivity index (χ0v) is 16.1. The Hall–Kier alpha value is -2.24. The van der Waals surface area contributed by atoms with Crippen LogP contribution in [0.5, 0.6) is 11.5 Å². The second kappa shape index (κ2) is 7.41. The van der Waals surface area contributed by atoms with Gasteiger partial charge in [0, 0.05) is 26.1 Å². The van der Waals surface area contributed by atoms with Gasteiger partial charge in [-0.2, -0.15) is 0 Å². The molecule has 0 radical (unpaired) electrons. The maximum Gasteiger partial charge on any atom is 0.231 e. The van der Waals surface area contributed by atoms with Crippen LogP contribution in [0.15, 0.2) is 18.2 Å². The molecular weight excluding hydrogens is 344 g/mol. The Bertz CT molecular complexity index is 729. The molecule has 1 saturated heterocycles. The summed E-state index contributed by atoms with van der Waals surface area (Å²) < 4.78 is 10.7. The van der Waals surface area contributed by atoms with Gasteiger partial charge in [-0.25, -0.2) is 0 Å². The van der Waals surface area contributed by atoms with Crippen molar-refractivity contribution < 1.29 is 19.1 Å². The number of benzene rings is 1. The lowest BCUT2D eigenvalue weighted by molar-refractivity contribution is -0.134. The van der Waals surface area contributed by atoms with Crippen LogP contribution in [0.4, 0.5) is 0 Å². The summed E-state index contributed by atoms with van der Waals surface area (Å²) in [6.45, 7) is 6.50. The highest BCUT2D eigenvalue weighted by atomic mass is 16.7. The smallest absolute Gasteiger partial charge is 0.231 e. The third kappa shape index (κ3) is 4.04. The van der Waals surface area contributed by atoms with Gasteiger partial charge in [-0.05, 0) is 42.4 Å². The van der Waals surface area contributed by atoms with Crippen molar-refractivity contribution in [2.24, 2.45) is 11.8 Å². The monoisotopic (exact) mass is 372 g/mol. The lowest BCUT2D eigenvalue weighted by Crippen LogP contribution is -2.48. The fourth-order valence-electron chi connectivity index (χ4n) is 3.93. The first-order valence-electron chi connectivity index (χ1n) is 9.97. The molecule has 6 nitrogen and oxygen atoms in total. The molecule has 1 aliphatic carbocycles. The van der Waals surface area contributed by atoms with E-state index in [0.29, 0.717) is 43.5 Å². The predicted molar refractivity (Wildman–Crippen MR) is 101 cm³/mol. The lowest BCUT2D eigenvalue weighted by atomic mass is 10.0. The van der Waals surface area contributed by atoms with Gasteiger partial charge in [0.05, 0.1) is 12.5 Å². The molecule has 2 amide bonds. The maximum absolute atomic E-state index is 13.0. The molecule has 1 saturated carbocycles. The summed E-state index contributed by atoms with van der Waals surface area (Å²) in [5.74, 6) is 2.67. The topological polar surface area (TPSA) is 59.1 Å². The molecule has 3 aliphatic rings. The number of carbonyl (C=O) groups is 2. The molecule has 0 aromatic heterocycles. The number of rotatable bonds is 5. The van der Waals surface area contributed by atoms with E-state index in [4.69, 9.17) is 9.47 Å². The molecule has 1 aromatic carbocycles. The van der Waals surface area contributed by atoms with Crippen LogP contribution >= 0.6 is 0 Å². The van der Waals surface area contributed by atoms with Gasteiger partial charge in [-0.3, -0.25) is 9.59 Å². The maximum atomic E-state index is 13.0. The Morgan fingerprint density at radius 1 is 1.22 bits per heavy atom. The fraction of sp³-hybridized carbons (Fsp3) is 0.619. The Balaban J connectivity index is 1.45. The zero-order chi connectivity index (χ0) is 19.0. The van der Waals surface area contributed by atoms with Gasteiger partial charge in [0.1, 0.15) is 0 Å². The van der Waals surface area contributed by atoms with E-state index in [2.05, 4.69) is 18.7 Å². The second-order valence-electron chi connectivity index (χ2n) is 8.25. The number of hydrogen-bond acceptors (Lipinski definition) is 4. The fourth-order valence-corrected chi connectivity index (χ4v) is 3.93. The SMILES string of the molecule is CC(C)[C@H]1CN(C(=O)Cc2ccc3c(c2)OCO3)CCC(=O)N1CC1CC1. The van der Waals surface area contributed by atoms with Gasteiger partial charge in [-0.15, -0.1) is 0 Å². The standard InChI is InChI=1S/C21H28N2O4/c1-14(2)17-12-22(8-7-20(24)23(17)11-15-3-4-15)21(25)10-16-5-6-18-19(9-16)27-13-26-18/h5-6,9,14-15,17H,3-4,7-8,10-13H2,1-2H3/t17-/m1/s1. The molecule has 2 fully saturated rings. The molecular formula is C21H28N2O4. The summed E-state index contributed by atoms with van der Waals surface area (Å²) >= 11 is 0. The molecule has 0 spiro atoms. The quantitative estimate of drug-likeness (QED) is 0.797. The van der Waals surface area contributed by atoms with E-state index in [-0.39, 0.29) is 24.6 Å². The van der Waals surface area contributed by atoms with E-state index in [1.807, 2.05) is 23.1 Å². The van der Waals surface area contributed by atoms with Crippen molar-refractivity contribution in [2.45, 2.75) is 45.6 Å². The minimum Gasteiger partial charge on any atom is -0.454 e. The van der Waals surface area contributed by atoms with Crippen molar-refractivity contribution in [1.82, 2.24) is 9.80 Å². The molecule has 0 unspecified atom stereocenters. The number of fused-ring (bicyclic) bond motifs is 1. The largest absolute Gasteiger partial charge is 0.454 e. The molecule has 0 N–H and O–H groups in total. The number of ether oxygens (including phenoxy) is 2. The first-order chi connectivity index (χ1) is 13.0. The lowest BCUT2D eigenvalue weighted by Gasteiger charge is -2.34. The molecule has 4 rings (SSSR count). The number of hydrogen-bond donors (Lipinski definition) is 0. The third-order valence-corrected chi connectivity index (χ3v) is 5.79. The molecule has 2 heterocycles. The van der Waals surface area contributed by atoms with E-state index in [9.17, 15) is 9.59 Å². The minimum absolute atomic E-state index is 0.0700. The van der Waals surface area contributed by atoms with Crippen LogP contribution < -0.4 is 9.47 Å². The third-order valence-electron chi connectivity index (χ3n) is 5.79. The first kappa shape index (κ1) is 18.1. The number of amides is 2. The van der Waals surface area contributed by atoms with Gasteiger partial charge in [0.15, 0.2) is 11.5 Å². The number of nitrogens with zero attached hydrogens (tertiary/aromatic N) is 2. The molecule has 146 valence electrons. The van der Waals surface area contributed by atoms with Crippen LogP contribution in [0.1, 0.15) is 38.7 Å². The summed E-state index contributed by atoms with van der Waals surface area (Å²) in [4.78, 5) is 29.6. The van der Waals surface area contributed by atoms with Crippen molar-refractivity contribution in [3.05, 3.63) is 23.8 Å². The van der Waals surface area contributed by atoms with Gasteiger partial charge < -0.3 is 19.3 Å². The number of carbonyl (C=O) groups excluding carboxylic acids is 2. The van der Waals surface area contributed by atoms with E-state index < -0.39 is 0 Å². The summed E-state index contributed by atoms with van der Waals surface area (Å²) in [6.07, 6.45) is 3.18. The summed E-state index contributed by atoms with van der Waals surface area (Å²) in [6, 6.07) is 5.74. The Morgan fingerprint density at radius 3 is 2.74 bits per heavy atom. The molecule has 1 atom stereocenters. The Labute approximate surface area is 160 Å². The predicted octanol–water partition coefficient (Wildman–Crippen LogP) is 2.45. The highest BCUT2D eigenvalue weighted by Gasteiger charge is 2.36. The first-order valence-corrected chi connectivity index (χ1v) is 9.97. The molecule has 27 heavy (non-hydrogen) atoms. The van der Waals surface area contributed by atoms with Crippen LogP contribution in [0.3, 0.4) is 0 Å². The molecule has 6 heteroatoms. The second-order valence-corrected chi connectivity index (χ2v) is 8.25. The van der Waals surface area contributed by atoms with Crippen LogP contribution in [0.2, 0.25) is 0 Å². The molecule has 1 aromatic rings. The van der Waals surface area contributed by atoms with Crippen molar-refractivity contribution in [3.8, 4) is 11.5 Å². The Morgan fingerprint density at radius 2 is 2.00 bits per heavy atom.